The molecule has 3 heterocycles. The number of aromatic hydroxyl groups is 1. The van der Waals surface area contributed by atoms with Crippen molar-refractivity contribution in [2.24, 2.45) is 0 Å². The maximum absolute atomic E-state index is 15.3. The monoisotopic (exact) mass is 623 g/mol. The number of halogens is 1. The van der Waals surface area contributed by atoms with Crippen LogP contribution in [0.5, 0.6) is 5.75 Å². The summed E-state index contributed by atoms with van der Waals surface area (Å²) in [5, 5.41) is 15.9. The Morgan fingerprint density at radius 3 is 2.34 bits per heavy atom. The lowest BCUT2D eigenvalue weighted by Crippen LogP contribution is -2.39. The van der Waals surface area contributed by atoms with Gasteiger partial charge in [0.15, 0.2) is 5.82 Å². The van der Waals surface area contributed by atoms with Crippen LogP contribution in [0.25, 0.3) is 10.8 Å². The molecule has 0 aliphatic carbocycles. The summed E-state index contributed by atoms with van der Waals surface area (Å²) in [7, 11) is -4.32. The van der Waals surface area contributed by atoms with Gasteiger partial charge in [0.2, 0.25) is 17.7 Å². The molecule has 4 amide bonds. The smallest absolute Gasteiger partial charge is 0.326 e. The Bertz CT molecular complexity index is 1790. The SMILES string of the molecule is O=C1CCC(c2ccc(C3CCN(CC(=O)Nc4ccc5c(F)c(N6CC(=O)NS6(=O)=O)c(O)cc5c4)CC3)cc2)C(=O)N1. The zero-order valence-corrected chi connectivity index (χ0v) is 24.3. The number of rotatable bonds is 6. The lowest BCUT2D eigenvalue weighted by Gasteiger charge is -2.32. The first kappa shape index (κ1) is 29.5. The Morgan fingerprint density at radius 2 is 1.68 bits per heavy atom. The number of phenols is 1. The lowest BCUT2D eigenvalue weighted by atomic mass is 9.86. The van der Waals surface area contributed by atoms with Gasteiger partial charge in [-0.15, -0.1) is 0 Å². The molecule has 3 aromatic rings. The van der Waals surface area contributed by atoms with Gasteiger partial charge >= 0.3 is 10.2 Å². The Kier molecular flexibility index (Phi) is 7.72. The van der Waals surface area contributed by atoms with Crippen molar-refractivity contribution in [1.82, 2.24) is 14.9 Å². The highest BCUT2D eigenvalue weighted by molar-refractivity contribution is 7.92. The van der Waals surface area contributed by atoms with Crippen molar-refractivity contribution in [3.8, 4) is 5.75 Å². The molecule has 3 aliphatic rings. The van der Waals surface area contributed by atoms with Crippen LogP contribution in [-0.4, -0.2) is 68.2 Å². The van der Waals surface area contributed by atoms with Gasteiger partial charge < -0.3 is 10.4 Å². The third kappa shape index (κ3) is 5.82. The molecule has 1 unspecified atom stereocenters. The Labute approximate surface area is 252 Å². The van der Waals surface area contributed by atoms with E-state index in [1.165, 1.54) is 29.8 Å². The van der Waals surface area contributed by atoms with E-state index in [0.717, 1.165) is 18.4 Å². The lowest BCUT2D eigenvalue weighted by molar-refractivity contribution is -0.134. The van der Waals surface area contributed by atoms with E-state index in [2.05, 4.69) is 10.6 Å². The van der Waals surface area contributed by atoms with Gasteiger partial charge in [0, 0.05) is 17.5 Å². The van der Waals surface area contributed by atoms with Gasteiger partial charge in [0.1, 0.15) is 18.0 Å². The molecule has 3 fully saturated rings. The maximum atomic E-state index is 15.3. The number of likely N-dealkylation sites (tertiary alicyclic amines) is 1. The van der Waals surface area contributed by atoms with Crippen molar-refractivity contribution in [3.05, 3.63) is 65.5 Å². The fourth-order valence-corrected chi connectivity index (χ4v) is 7.30. The van der Waals surface area contributed by atoms with Crippen LogP contribution in [0, 0.1) is 5.82 Å². The summed E-state index contributed by atoms with van der Waals surface area (Å²) in [6.07, 6.45) is 2.56. The Balaban J connectivity index is 1.05. The van der Waals surface area contributed by atoms with Crippen molar-refractivity contribution in [2.45, 2.75) is 37.5 Å². The highest BCUT2D eigenvalue weighted by Crippen LogP contribution is 2.39. The number of hydrogen-bond acceptors (Lipinski definition) is 8. The average molecular weight is 624 g/mol. The number of amides is 4. The summed E-state index contributed by atoms with van der Waals surface area (Å²) in [4.78, 5) is 50.1. The molecule has 1 atom stereocenters. The minimum Gasteiger partial charge on any atom is -0.506 e. The van der Waals surface area contributed by atoms with Gasteiger partial charge in [-0.3, -0.25) is 29.4 Å². The molecule has 0 radical (unpaired) electrons. The predicted octanol–water partition coefficient (Wildman–Crippen LogP) is 2.20. The topological polar surface area (TPSA) is 165 Å². The third-order valence-corrected chi connectivity index (χ3v) is 9.77. The van der Waals surface area contributed by atoms with Crippen LogP contribution in [0.2, 0.25) is 0 Å². The molecular formula is C30H30FN5O7S. The molecule has 4 N–H and O–H groups in total. The number of benzene rings is 3. The number of hydrogen-bond donors (Lipinski definition) is 4. The number of nitrogens with one attached hydrogen (secondary N) is 3. The quantitative estimate of drug-likeness (QED) is 0.304. The highest BCUT2D eigenvalue weighted by atomic mass is 32.2. The maximum Gasteiger partial charge on any atom is 0.326 e. The molecule has 3 saturated heterocycles. The number of fused-ring (bicyclic) bond motifs is 1. The fraction of sp³-hybridized carbons (Fsp3) is 0.333. The van der Waals surface area contributed by atoms with Crippen LogP contribution >= 0.6 is 0 Å². The van der Waals surface area contributed by atoms with Crippen LogP contribution in [0.1, 0.15) is 48.6 Å². The number of phenolic OH excluding ortho intramolecular Hbond substituents is 1. The molecule has 0 spiro atoms. The molecule has 6 rings (SSSR count). The van der Waals surface area contributed by atoms with Crippen molar-refractivity contribution in [1.29, 1.82) is 0 Å². The normalized spacial score (nSPS) is 20.9. The van der Waals surface area contributed by atoms with Crippen molar-refractivity contribution in [2.75, 3.05) is 35.8 Å². The number of anilines is 2. The summed E-state index contributed by atoms with van der Waals surface area (Å²) in [6, 6.07) is 13.5. The summed E-state index contributed by atoms with van der Waals surface area (Å²) in [5.41, 5.74) is 1.82. The van der Waals surface area contributed by atoms with E-state index in [-0.39, 0.29) is 41.0 Å². The molecule has 230 valence electrons. The summed E-state index contributed by atoms with van der Waals surface area (Å²) in [6.45, 7) is 0.929. The average Bonchev–Trinajstić information content (AvgIpc) is 3.24. The minimum atomic E-state index is -4.32. The fourth-order valence-electron chi connectivity index (χ4n) is 6.14. The van der Waals surface area contributed by atoms with Gasteiger partial charge in [0.05, 0.1) is 12.5 Å². The van der Waals surface area contributed by atoms with E-state index in [9.17, 15) is 32.7 Å². The summed E-state index contributed by atoms with van der Waals surface area (Å²) in [5.74, 6) is -3.25. The zero-order valence-electron chi connectivity index (χ0n) is 23.5. The second kappa shape index (κ2) is 11.5. The molecule has 3 aromatic carbocycles. The first-order valence-corrected chi connectivity index (χ1v) is 15.7. The third-order valence-electron chi connectivity index (χ3n) is 8.39. The summed E-state index contributed by atoms with van der Waals surface area (Å²) >= 11 is 0. The van der Waals surface area contributed by atoms with Crippen LogP contribution in [-0.2, 0) is 29.4 Å². The number of nitrogens with zero attached hydrogens (tertiary/aromatic N) is 2. The molecule has 44 heavy (non-hydrogen) atoms. The van der Waals surface area contributed by atoms with E-state index >= 15 is 4.39 Å². The van der Waals surface area contributed by atoms with Crippen LogP contribution in [0.3, 0.4) is 0 Å². The molecule has 0 bridgehead atoms. The molecule has 14 heteroatoms. The van der Waals surface area contributed by atoms with Crippen molar-refractivity contribution < 1.29 is 37.1 Å². The first-order valence-electron chi connectivity index (χ1n) is 14.2. The van der Waals surface area contributed by atoms with Gasteiger partial charge in [-0.1, -0.05) is 24.3 Å². The van der Waals surface area contributed by atoms with Gasteiger partial charge in [-0.2, -0.15) is 8.42 Å². The van der Waals surface area contributed by atoms with E-state index in [1.54, 1.807) is 4.72 Å². The molecule has 0 aromatic heterocycles. The van der Waals surface area contributed by atoms with E-state index in [0.29, 0.717) is 41.8 Å². The standard InChI is InChI=1S/C30H30FN5O7S/c31-28-22-6-5-21(13-20(22)14-24(37)29(28)36-16-27(40)34-44(36,42)43)32-26(39)15-35-11-9-18(10-12-35)17-1-3-19(4-2-17)23-7-8-25(38)33-30(23)41/h1-6,13-14,18,23,37H,7-12,15-16H2,(H,32,39)(H,34,40)(H,33,38,41). The molecule has 12 nitrogen and oxygen atoms in total. The van der Waals surface area contributed by atoms with Crippen LogP contribution in [0.4, 0.5) is 15.8 Å². The zero-order chi connectivity index (χ0) is 31.2. The highest BCUT2D eigenvalue weighted by Gasteiger charge is 2.38. The number of imide groups is 1. The molecular weight excluding hydrogens is 593 g/mol. The number of carbonyl (C=O) groups is 4. The molecule has 0 saturated carbocycles. The molecule has 3 aliphatic heterocycles. The van der Waals surface area contributed by atoms with Gasteiger partial charge in [-0.05, 0) is 79.0 Å². The Morgan fingerprint density at radius 1 is 0.977 bits per heavy atom. The minimum absolute atomic E-state index is 0.0116. The van der Waals surface area contributed by atoms with Crippen LogP contribution in [0.15, 0.2) is 48.5 Å². The van der Waals surface area contributed by atoms with Gasteiger partial charge in [-0.25, -0.2) is 13.4 Å². The Hall–Kier alpha value is -4.56. The van der Waals surface area contributed by atoms with E-state index < -0.39 is 39.9 Å². The predicted molar refractivity (Wildman–Crippen MR) is 159 cm³/mol. The van der Waals surface area contributed by atoms with Crippen LogP contribution < -0.4 is 19.7 Å². The largest absolute Gasteiger partial charge is 0.506 e. The summed E-state index contributed by atoms with van der Waals surface area (Å²) < 4.78 is 41.9. The second-order valence-electron chi connectivity index (χ2n) is 11.3. The van der Waals surface area contributed by atoms with Gasteiger partial charge in [0.25, 0.3) is 5.91 Å². The van der Waals surface area contributed by atoms with Crippen molar-refractivity contribution >= 4 is 56.0 Å². The van der Waals surface area contributed by atoms with Crippen molar-refractivity contribution in [3.63, 3.8) is 0 Å². The first-order chi connectivity index (χ1) is 21.0. The van der Waals surface area contributed by atoms with E-state index in [1.807, 2.05) is 29.2 Å². The van der Waals surface area contributed by atoms with E-state index in [4.69, 9.17) is 0 Å². The second-order valence-corrected chi connectivity index (χ2v) is 12.9. The number of piperidine rings is 2. The number of carbonyl (C=O) groups excluding carboxylic acids is 4.